The molecule has 0 fully saturated rings. The molecule has 1 amide bonds. The van der Waals surface area contributed by atoms with Crippen LogP contribution in [-0.2, 0) is 23.0 Å². The molecule has 3 rings (SSSR count). The van der Waals surface area contributed by atoms with Crippen molar-refractivity contribution in [1.82, 2.24) is 9.62 Å². The first-order chi connectivity index (χ1) is 18.1. The number of hydrogen-bond acceptors (Lipinski definition) is 4. The highest BCUT2D eigenvalue weighted by atomic mass is 79.9. The molecule has 0 bridgehead atoms. The van der Waals surface area contributed by atoms with Gasteiger partial charge in [-0.05, 0) is 70.6 Å². The SMILES string of the molecule is CCCCS(=O)(=O)N(Cc1cccc(Cl)c1)CC(O)C(Cc1ccccc1)NC(=O)c1cccc(C)c1Br. The van der Waals surface area contributed by atoms with E-state index >= 15 is 0 Å². The van der Waals surface area contributed by atoms with Gasteiger partial charge in [0, 0.05) is 22.6 Å². The minimum atomic E-state index is -3.68. The number of aliphatic hydroxyl groups excluding tert-OH is 1. The van der Waals surface area contributed by atoms with Gasteiger partial charge >= 0.3 is 0 Å². The average molecular weight is 622 g/mol. The third kappa shape index (κ3) is 8.64. The molecular weight excluding hydrogens is 588 g/mol. The van der Waals surface area contributed by atoms with Gasteiger partial charge in [0.2, 0.25) is 10.0 Å². The number of hydrogen-bond donors (Lipinski definition) is 2. The van der Waals surface area contributed by atoms with Crippen LogP contribution in [0.1, 0.15) is 46.8 Å². The highest BCUT2D eigenvalue weighted by molar-refractivity contribution is 9.10. The van der Waals surface area contributed by atoms with Crippen LogP contribution >= 0.6 is 27.5 Å². The summed E-state index contributed by atoms with van der Waals surface area (Å²) in [5, 5.41) is 14.9. The Labute approximate surface area is 239 Å². The second-order valence-electron chi connectivity index (χ2n) is 9.37. The Bertz CT molecular complexity index is 1320. The first-order valence-corrected chi connectivity index (χ1v) is 15.4. The number of benzene rings is 3. The molecule has 0 aliphatic heterocycles. The van der Waals surface area contributed by atoms with Crippen LogP contribution in [0.4, 0.5) is 0 Å². The van der Waals surface area contributed by atoms with E-state index in [1.807, 2.05) is 50.2 Å². The first kappa shape index (κ1) is 30.3. The van der Waals surface area contributed by atoms with E-state index in [2.05, 4.69) is 21.2 Å². The number of carbonyl (C=O) groups excluding carboxylic acids is 1. The van der Waals surface area contributed by atoms with E-state index in [4.69, 9.17) is 11.6 Å². The molecule has 2 unspecified atom stereocenters. The molecule has 0 heterocycles. The van der Waals surface area contributed by atoms with Crippen molar-refractivity contribution < 1.29 is 18.3 Å². The van der Waals surface area contributed by atoms with Crippen LogP contribution in [0.15, 0.2) is 77.3 Å². The summed E-state index contributed by atoms with van der Waals surface area (Å²) in [5.74, 6) is -0.376. The second-order valence-corrected chi connectivity index (χ2v) is 12.7. The summed E-state index contributed by atoms with van der Waals surface area (Å²) in [4.78, 5) is 13.3. The topological polar surface area (TPSA) is 86.7 Å². The van der Waals surface area contributed by atoms with Crippen molar-refractivity contribution >= 4 is 43.5 Å². The fourth-order valence-electron chi connectivity index (χ4n) is 4.13. The zero-order valence-corrected chi connectivity index (χ0v) is 24.8. The lowest BCUT2D eigenvalue weighted by molar-refractivity contribution is 0.0778. The Morgan fingerprint density at radius 3 is 2.42 bits per heavy atom. The Kier molecular flexibility index (Phi) is 11.4. The van der Waals surface area contributed by atoms with Crippen LogP contribution in [-0.4, -0.2) is 48.2 Å². The summed E-state index contributed by atoms with van der Waals surface area (Å²) in [6, 6.07) is 21.2. The Morgan fingerprint density at radius 2 is 1.74 bits per heavy atom. The summed E-state index contributed by atoms with van der Waals surface area (Å²) in [6.07, 6.45) is 0.399. The van der Waals surface area contributed by atoms with Crippen LogP contribution in [0, 0.1) is 6.92 Å². The van der Waals surface area contributed by atoms with E-state index in [0.717, 1.165) is 23.1 Å². The van der Waals surface area contributed by atoms with Crippen molar-refractivity contribution in [2.24, 2.45) is 0 Å². The monoisotopic (exact) mass is 620 g/mol. The van der Waals surface area contributed by atoms with Gasteiger partial charge < -0.3 is 10.4 Å². The fraction of sp³-hybridized carbons (Fsp3) is 0.345. The van der Waals surface area contributed by atoms with Crippen molar-refractivity contribution in [2.75, 3.05) is 12.3 Å². The van der Waals surface area contributed by atoms with E-state index in [1.54, 1.807) is 36.4 Å². The van der Waals surface area contributed by atoms with Crippen molar-refractivity contribution in [1.29, 1.82) is 0 Å². The number of carbonyl (C=O) groups is 1. The normalized spacial score (nSPS) is 13.3. The van der Waals surface area contributed by atoms with E-state index in [1.165, 1.54) is 4.31 Å². The molecular formula is C29H34BrClN2O4S. The Hall–Kier alpha value is -2.23. The number of nitrogens with one attached hydrogen (secondary N) is 1. The number of amides is 1. The van der Waals surface area contributed by atoms with Crippen molar-refractivity contribution in [3.8, 4) is 0 Å². The van der Waals surface area contributed by atoms with Crippen LogP contribution in [0.25, 0.3) is 0 Å². The molecule has 0 aliphatic carbocycles. The summed E-state index contributed by atoms with van der Waals surface area (Å²) in [6.45, 7) is 3.72. The zero-order valence-electron chi connectivity index (χ0n) is 21.6. The van der Waals surface area contributed by atoms with Crippen molar-refractivity contribution in [3.05, 3.63) is 105 Å². The molecule has 0 spiro atoms. The minimum absolute atomic E-state index is 0.0251. The zero-order chi connectivity index (χ0) is 27.7. The molecule has 0 radical (unpaired) electrons. The maximum atomic E-state index is 13.3. The minimum Gasteiger partial charge on any atom is -0.390 e. The molecule has 0 aliphatic rings. The highest BCUT2D eigenvalue weighted by Gasteiger charge is 2.30. The number of rotatable bonds is 13. The van der Waals surface area contributed by atoms with Crippen LogP contribution in [0.2, 0.25) is 5.02 Å². The number of unbranched alkanes of at least 4 members (excludes halogenated alkanes) is 1. The fourth-order valence-corrected chi connectivity index (χ4v) is 6.42. The molecule has 0 aromatic heterocycles. The quantitative estimate of drug-likeness (QED) is 0.255. The van der Waals surface area contributed by atoms with Crippen LogP contribution < -0.4 is 5.32 Å². The highest BCUT2D eigenvalue weighted by Crippen LogP contribution is 2.22. The molecule has 3 aromatic rings. The summed E-state index contributed by atoms with van der Waals surface area (Å²) in [7, 11) is -3.68. The number of aryl methyl sites for hydroxylation is 1. The van der Waals surface area contributed by atoms with Gasteiger partial charge in [-0.1, -0.05) is 79.5 Å². The molecule has 0 saturated heterocycles. The lowest BCUT2D eigenvalue weighted by Crippen LogP contribution is -2.50. The third-order valence-electron chi connectivity index (χ3n) is 6.30. The average Bonchev–Trinajstić information content (AvgIpc) is 2.89. The van der Waals surface area contributed by atoms with E-state index in [0.29, 0.717) is 27.9 Å². The second kappa shape index (κ2) is 14.2. The van der Waals surface area contributed by atoms with Crippen LogP contribution in [0.5, 0.6) is 0 Å². The van der Waals surface area contributed by atoms with Gasteiger partial charge in [-0.15, -0.1) is 0 Å². The largest absolute Gasteiger partial charge is 0.390 e. The lowest BCUT2D eigenvalue weighted by atomic mass is 10.00. The maximum absolute atomic E-state index is 13.3. The van der Waals surface area contributed by atoms with Gasteiger partial charge in [0.1, 0.15) is 0 Å². The molecule has 3 aromatic carbocycles. The van der Waals surface area contributed by atoms with E-state index < -0.39 is 22.2 Å². The van der Waals surface area contributed by atoms with Gasteiger partial charge in [-0.3, -0.25) is 4.79 Å². The maximum Gasteiger partial charge on any atom is 0.252 e. The summed E-state index contributed by atoms with van der Waals surface area (Å²) >= 11 is 9.63. The standard InChI is InChI=1S/C29H34BrClN2O4S/c1-3-4-16-38(36,37)33(19-23-13-9-14-24(31)17-23)20-27(34)26(18-22-11-6-5-7-12-22)32-29(35)25-15-8-10-21(2)28(25)30/h5-15,17,26-27,34H,3-4,16,18-20H2,1-2H3,(H,32,35). The molecule has 2 atom stereocenters. The number of nitrogens with zero attached hydrogens (tertiary/aromatic N) is 1. The smallest absolute Gasteiger partial charge is 0.252 e. The lowest BCUT2D eigenvalue weighted by Gasteiger charge is -2.30. The number of aliphatic hydroxyl groups is 1. The van der Waals surface area contributed by atoms with Gasteiger partial charge in [-0.25, -0.2) is 8.42 Å². The van der Waals surface area contributed by atoms with Gasteiger partial charge in [0.05, 0.1) is 23.5 Å². The molecule has 9 heteroatoms. The van der Waals surface area contributed by atoms with Gasteiger partial charge in [0.15, 0.2) is 0 Å². The van der Waals surface area contributed by atoms with E-state index in [-0.39, 0.29) is 24.7 Å². The molecule has 38 heavy (non-hydrogen) atoms. The van der Waals surface area contributed by atoms with Crippen LogP contribution in [0.3, 0.4) is 0 Å². The van der Waals surface area contributed by atoms with Crippen molar-refractivity contribution in [2.45, 2.75) is 51.8 Å². The Morgan fingerprint density at radius 1 is 1.05 bits per heavy atom. The van der Waals surface area contributed by atoms with Crippen molar-refractivity contribution in [3.63, 3.8) is 0 Å². The summed E-state index contributed by atoms with van der Waals surface area (Å²) < 4.78 is 28.6. The molecule has 6 nitrogen and oxygen atoms in total. The summed E-state index contributed by atoms with van der Waals surface area (Å²) in [5.41, 5.74) is 2.99. The molecule has 2 N–H and O–H groups in total. The van der Waals surface area contributed by atoms with Gasteiger partial charge in [0.25, 0.3) is 5.91 Å². The predicted octanol–water partition coefficient (Wildman–Crippen LogP) is 5.75. The third-order valence-corrected chi connectivity index (χ3v) is 9.46. The molecule has 204 valence electrons. The predicted molar refractivity (Wildman–Crippen MR) is 157 cm³/mol. The Balaban J connectivity index is 1.90. The molecule has 0 saturated carbocycles. The number of sulfonamides is 1. The first-order valence-electron chi connectivity index (χ1n) is 12.6. The van der Waals surface area contributed by atoms with E-state index in [9.17, 15) is 18.3 Å². The van der Waals surface area contributed by atoms with Gasteiger partial charge in [-0.2, -0.15) is 4.31 Å². The number of halogens is 2.